The van der Waals surface area contributed by atoms with Gasteiger partial charge in [-0.25, -0.2) is 13.2 Å². The average Bonchev–Trinajstić information content (AvgIpc) is 2.71. The predicted molar refractivity (Wildman–Crippen MR) is 113 cm³/mol. The van der Waals surface area contributed by atoms with Crippen molar-refractivity contribution in [1.82, 2.24) is 9.21 Å². The number of benzene rings is 1. The first-order valence-corrected chi connectivity index (χ1v) is 11.4. The summed E-state index contributed by atoms with van der Waals surface area (Å²) in [5.41, 5.74) is 0.644. The van der Waals surface area contributed by atoms with Gasteiger partial charge in [-0.3, -0.25) is 4.79 Å². The zero-order chi connectivity index (χ0) is 22.3. The maximum atomic E-state index is 12.6. The van der Waals surface area contributed by atoms with Crippen LogP contribution in [0.25, 0.3) is 6.08 Å². The van der Waals surface area contributed by atoms with E-state index in [9.17, 15) is 18.0 Å². The summed E-state index contributed by atoms with van der Waals surface area (Å²) in [5, 5.41) is 0. The van der Waals surface area contributed by atoms with Gasteiger partial charge in [0.05, 0.1) is 18.1 Å². The number of sulfonamides is 1. The van der Waals surface area contributed by atoms with Crippen LogP contribution in [-0.2, 0) is 29.1 Å². The molecule has 1 saturated heterocycles. The third-order valence-corrected chi connectivity index (χ3v) is 6.55. The topological polar surface area (TPSA) is 93.2 Å². The van der Waals surface area contributed by atoms with Gasteiger partial charge in [-0.15, -0.1) is 0 Å². The molecule has 0 atom stereocenters. The molecule has 30 heavy (non-hydrogen) atoms. The van der Waals surface area contributed by atoms with E-state index >= 15 is 0 Å². The van der Waals surface area contributed by atoms with Gasteiger partial charge in [-0.05, 0) is 51.5 Å². The number of amides is 1. The first kappa shape index (κ1) is 24.0. The lowest BCUT2D eigenvalue weighted by atomic mass is 10.2. The van der Waals surface area contributed by atoms with Crippen LogP contribution >= 0.6 is 0 Å². The molecule has 0 aliphatic carbocycles. The molecule has 0 spiro atoms. The van der Waals surface area contributed by atoms with E-state index in [0.29, 0.717) is 31.9 Å². The highest BCUT2D eigenvalue weighted by Crippen LogP contribution is 2.18. The Labute approximate surface area is 178 Å². The van der Waals surface area contributed by atoms with Crippen LogP contribution in [0.15, 0.2) is 35.2 Å². The zero-order valence-corrected chi connectivity index (χ0v) is 18.7. The Morgan fingerprint density at radius 1 is 1.10 bits per heavy atom. The number of carbonyl (C=O) groups is 2. The van der Waals surface area contributed by atoms with Crippen LogP contribution in [0.2, 0.25) is 0 Å². The Balaban J connectivity index is 1.93. The van der Waals surface area contributed by atoms with Gasteiger partial charge in [0.2, 0.25) is 10.0 Å². The number of rotatable bonds is 8. The second kappa shape index (κ2) is 10.7. The van der Waals surface area contributed by atoms with Crippen molar-refractivity contribution in [2.45, 2.75) is 44.7 Å². The predicted octanol–water partition coefficient (Wildman–Crippen LogP) is 1.91. The summed E-state index contributed by atoms with van der Waals surface area (Å²) in [6, 6.07) is 6.26. The summed E-state index contributed by atoms with van der Waals surface area (Å²) in [7, 11) is -3.56. The Morgan fingerprint density at radius 2 is 1.67 bits per heavy atom. The molecule has 0 unspecified atom stereocenters. The van der Waals surface area contributed by atoms with E-state index in [1.54, 1.807) is 17.0 Å². The third-order valence-electron chi connectivity index (χ3n) is 4.64. The van der Waals surface area contributed by atoms with Gasteiger partial charge in [-0.1, -0.05) is 12.1 Å². The van der Waals surface area contributed by atoms with Crippen molar-refractivity contribution in [3.63, 3.8) is 0 Å². The molecule has 1 aromatic rings. The molecule has 0 saturated carbocycles. The number of carbonyl (C=O) groups excluding carboxylic acids is 2. The highest BCUT2D eigenvalue weighted by Gasteiger charge is 2.26. The molecule has 0 N–H and O–H groups in total. The molecule has 9 heteroatoms. The van der Waals surface area contributed by atoms with Crippen molar-refractivity contribution in [3.05, 3.63) is 35.9 Å². The molecule has 2 rings (SSSR count). The fourth-order valence-corrected chi connectivity index (χ4v) is 4.69. The molecule has 0 bridgehead atoms. The minimum atomic E-state index is -3.56. The SMILES string of the molecule is CC(C)N(C(=O)COC(=O)/C=C/c1ccc(S(=O)(=O)N2CCOCC2)cc1)C(C)C. The summed E-state index contributed by atoms with van der Waals surface area (Å²) in [4.78, 5) is 26.0. The van der Waals surface area contributed by atoms with Gasteiger partial charge in [0.15, 0.2) is 6.61 Å². The Kier molecular flexibility index (Phi) is 8.57. The van der Waals surface area contributed by atoms with Gasteiger partial charge in [-0.2, -0.15) is 4.31 Å². The molecule has 1 aromatic carbocycles. The lowest BCUT2D eigenvalue weighted by molar-refractivity contribution is -0.150. The molecular formula is C21H30N2O6S. The highest BCUT2D eigenvalue weighted by molar-refractivity contribution is 7.89. The largest absolute Gasteiger partial charge is 0.452 e. The van der Waals surface area contributed by atoms with Gasteiger partial charge in [0.1, 0.15) is 0 Å². The van der Waals surface area contributed by atoms with Crippen molar-refractivity contribution < 1.29 is 27.5 Å². The number of hydrogen-bond acceptors (Lipinski definition) is 6. The van der Waals surface area contributed by atoms with E-state index in [-0.39, 0.29) is 29.5 Å². The van der Waals surface area contributed by atoms with Crippen molar-refractivity contribution in [2.75, 3.05) is 32.9 Å². The van der Waals surface area contributed by atoms with E-state index < -0.39 is 16.0 Å². The van der Waals surface area contributed by atoms with Crippen molar-refractivity contribution in [2.24, 2.45) is 0 Å². The maximum Gasteiger partial charge on any atom is 0.331 e. The molecule has 0 aromatic heterocycles. The van der Waals surface area contributed by atoms with E-state index in [1.165, 1.54) is 28.6 Å². The zero-order valence-electron chi connectivity index (χ0n) is 17.9. The van der Waals surface area contributed by atoms with Gasteiger partial charge in [0.25, 0.3) is 5.91 Å². The quantitative estimate of drug-likeness (QED) is 0.455. The summed E-state index contributed by atoms with van der Waals surface area (Å²) in [6.07, 6.45) is 2.73. The summed E-state index contributed by atoms with van der Waals surface area (Å²) in [5.74, 6) is -0.889. The van der Waals surface area contributed by atoms with Gasteiger partial charge < -0.3 is 14.4 Å². The normalized spacial score (nSPS) is 15.7. The lowest BCUT2D eigenvalue weighted by Gasteiger charge is -2.30. The molecule has 1 fully saturated rings. The summed E-state index contributed by atoms with van der Waals surface area (Å²) >= 11 is 0. The number of ether oxygens (including phenoxy) is 2. The molecular weight excluding hydrogens is 408 g/mol. The van der Waals surface area contributed by atoms with Crippen LogP contribution in [0.1, 0.15) is 33.3 Å². The standard InChI is InChI=1S/C21H30N2O6S/c1-16(2)23(17(3)4)20(24)15-29-21(25)10-7-18-5-8-19(9-6-18)30(26,27)22-11-13-28-14-12-22/h5-10,16-17H,11-15H2,1-4H3/b10-7+. The van der Waals surface area contributed by atoms with E-state index in [4.69, 9.17) is 9.47 Å². The molecule has 0 radical (unpaired) electrons. The lowest BCUT2D eigenvalue weighted by Crippen LogP contribution is -2.44. The fourth-order valence-electron chi connectivity index (χ4n) is 3.28. The van der Waals surface area contributed by atoms with Crippen molar-refractivity contribution in [1.29, 1.82) is 0 Å². The number of nitrogens with zero attached hydrogens (tertiary/aromatic N) is 2. The van der Waals surface area contributed by atoms with Crippen molar-refractivity contribution in [3.8, 4) is 0 Å². The smallest absolute Gasteiger partial charge is 0.331 e. The van der Waals surface area contributed by atoms with E-state index in [2.05, 4.69) is 0 Å². The van der Waals surface area contributed by atoms with Crippen LogP contribution in [0, 0.1) is 0 Å². The van der Waals surface area contributed by atoms with Crippen LogP contribution in [0.5, 0.6) is 0 Å². The average molecular weight is 439 g/mol. The number of esters is 1. The van der Waals surface area contributed by atoms with Crippen LogP contribution in [0.3, 0.4) is 0 Å². The van der Waals surface area contributed by atoms with Gasteiger partial charge in [0, 0.05) is 31.2 Å². The molecule has 1 heterocycles. The number of morpholine rings is 1. The molecule has 1 aliphatic heterocycles. The number of hydrogen-bond donors (Lipinski definition) is 0. The third kappa shape index (κ3) is 6.38. The summed E-state index contributed by atoms with van der Waals surface area (Å²) in [6.45, 7) is 8.74. The minimum absolute atomic E-state index is 0.0130. The molecule has 8 nitrogen and oxygen atoms in total. The maximum absolute atomic E-state index is 12.6. The Morgan fingerprint density at radius 3 is 2.20 bits per heavy atom. The monoisotopic (exact) mass is 438 g/mol. The first-order valence-electron chi connectivity index (χ1n) is 9.97. The molecule has 166 valence electrons. The summed E-state index contributed by atoms with van der Waals surface area (Å²) < 4.78 is 36.8. The van der Waals surface area contributed by atoms with Crippen LogP contribution in [0.4, 0.5) is 0 Å². The molecule has 1 amide bonds. The van der Waals surface area contributed by atoms with Crippen LogP contribution < -0.4 is 0 Å². The second-order valence-electron chi connectivity index (χ2n) is 7.52. The minimum Gasteiger partial charge on any atom is -0.452 e. The molecule has 1 aliphatic rings. The second-order valence-corrected chi connectivity index (χ2v) is 9.45. The highest BCUT2D eigenvalue weighted by atomic mass is 32.2. The van der Waals surface area contributed by atoms with E-state index in [1.807, 2.05) is 27.7 Å². The Hall–Kier alpha value is -2.23. The van der Waals surface area contributed by atoms with Crippen molar-refractivity contribution >= 4 is 28.0 Å². The fraction of sp³-hybridized carbons (Fsp3) is 0.524. The van der Waals surface area contributed by atoms with Gasteiger partial charge >= 0.3 is 5.97 Å². The first-order chi connectivity index (χ1) is 14.1. The van der Waals surface area contributed by atoms with E-state index in [0.717, 1.165) is 0 Å². The van der Waals surface area contributed by atoms with Crippen LogP contribution in [-0.4, -0.2) is 74.5 Å². The Bertz CT molecular complexity index is 848.